The van der Waals surface area contributed by atoms with Crippen LogP contribution in [0.5, 0.6) is 0 Å². The van der Waals surface area contributed by atoms with E-state index in [1.165, 1.54) is 0 Å². The van der Waals surface area contributed by atoms with E-state index >= 15 is 0 Å². The van der Waals surface area contributed by atoms with E-state index in [9.17, 15) is 36.2 Å². The van der Waals surface area contributed by atoms with Gasteiger partial charge in [0, 0.05) is 6.42 Å². The quantitative estimate of drug-likeness (QED) is 0.271. The van der Waals surface area contributed by atoms with Gasteiger partial charge < -0.3 is 9.84 Å². The number of carbonyl (C=O) groups excluding carboxylic acids is 1. The molecule has 0 amide bonds. The van der Waals surface area contributed by atoms with Gasteiger partial charge in [0.15, 0.2) is 0 Å². The Balaban J connectivity index is 3.40. The fourth-order valence-electron chi connectivity index (χ4n) is 3.91. The Morgan fingerprint density at radius 2 is 1.42 bits per heavy atom. The molecule has 3 nitrogen and oxygen atoms in total. The van der Waals surface area contributed by atoms with Crippen LogP contribution in [0.3, 0.4) is 0 Å². The molecule has 2 atom stereocenters. The molecule has 2 unspecified atom stereocenters. The Morgan fingerprint density at radius 1 is 0.968 bits per heavy atom. The number of hydrogen-bond donors (Lipinski definition) is 1. The lowest BCUT2D eigenvalue weighted by molar-refractivity contribution is -0.375. The summed E-state index contributed by atoms with van der Waals surface area (Å²) in [4.78, 5) is 13.2. The molecule has 0 aromatic heterocycles. The van der Waals surface area contributed by atoms with Gasteiger partial charge in [-0.1, -0.05) is 51.7 Å². The van der Waals surface area contributed by atoms with Gasteiger partial charge in [0.05, 0.1) is 5.41 Å². The van der Waals surface area contributed by atoms with Crippen LogP contribution in [0.4, 0.5) is 26.3 Å². The Bertz CT molecular complexity index is 636. The maximum absolute atomic E-state index is 13.3. The predicted molar refractivity (Wildman–Crippen MR) is 105 cm³/mol. The molecule has 1 fully saturated rings. The first-order valence-corrected chi connectivity index (χ1v) is 10.5. The second-order valence-electron chi connectivity index (χ2n) is 10.1. The van der Waals surface area contributed by atoms with Crippen molar-refractivity contribution in [1.82, 2.24) is 0 Å². The summed E-state index contributed by atoms with van der Waals surface area (Å²) >= 11 is 0. The van der Waals surface area contributed by atoms with Crippen molar-refractivity contribution in [3.05, 3.63) is 11.6 Å². The number of ether oxygens (including phenoxy) is 1. The zero-order chi connectivity index (χ0) is 24.5. The van der Waals surface area contributed by atoms with Crippen LogP contribution >= 0.6 is 0 Å². The number of hydrogen-bond acceptors (Lipinski definition) is 3. The Labute approximate surface area is 180 Å². The lowest BCUT2D eigenvalue weighted by atomic mass is 9.67. The van der Waals surface area contributed by atoms with Crippen molar-refractivity contribution in [2.24, 2.45) is 16.7 Å². The molecule has 1 aliphatic carbocycles. The van der Waals surface area contributed by atoms with Crippen LogP contribution in [0.25, 0.3) is 0 Å². The molecule has 1 saturated carbocycles. The summed E-state index contributed by atoms with van der Waals surface area (Å²) < 4.78 is 85.5. The second-order valence-corrected chi connectivity index (χ2v) is 10.1. The smallest absolute Gasteiger partial charge is 0.426 e. The third kappa shape index (κ3) is 6.17. The number of carbonyl (C=O) groups is 1. The van der Waals surface area contributed by atoms with E-state index in [2.05, 4.69) is 0 Å². The van der Waals surface area contributed by atoms with Gasteiger partial charge in [-0.3, -0.25) is 4.79 Å². The van der Waals surface area contributed by atoms with Gasteiger partial charge in [-0.15, -0.1) is 0 Å². The minimum absolute atomic E-state index is 0.332. The van der Waals surface area contributed by atoms with E-state index in [1.807, 2.05) is 0 Å². The lowest BCUT2D eigenvalue weighted by Crippen LogP contribution is -2.59. The molecule has 31 heavy (non-hydrogen) atoms. The average Bonchev–Trinajstić information content (AvgIpc) is 2.58. The minimum Gasteiger partial charge on any atom is -0.461 e. The molecule has 1 rings (SSSR count). The third-order valence-corrected chi connectivity index (χ3v) is 6.43. The highest BCUT2D eigenvalue weighted by Crippen LogP contribution is 2.49. The first kappa shape index (κ1) is 27.8. The summed E-state index contributed by atoms with van der Waals surface area (Å²) in [7, 11) is 0. The maximum atomic E-state index is 13.3. The number of esters is 1. The fourth-order valence-corrected chi connectivity index (χ4v) is 3.91. The molecule has 0 aromatic carbocycles. The zero-order valence-corrected chi connectivity index (χ0v) is 19.0. The van der Waals surface area contributed by atoms with Gasteiger partial charge in [0.1, 0.15) is 6.10 Å². The van der Waals surface area contributed by atoms with E-state index in [0.29, 0.717) is 25.7 Å². The molecular formula is C22H34F6O3. The summed E-state index contributed by atoms with van der Waals surface area (Å²) in [5.74, 6) is -1.59. The summed E-state index contributed by atoms with van der Waals surface area (Å²) in [5.41, 5.74) is -6.21. The molecule has 0 saturated heterocycles. The molecule has 9 heteroatoms. The van der Waals surface area contributed by atoms with Gasteiger partial charge in [0.25, 0.3) is 5.60 Å². The van der Waals surface area contributed by atoms with Crippen molar-refractivity contribution >= 4 is 5.97 Å². The molecule has 0 aliphatic heterocycles. The van der Waals surface area contributed by atoms with Gasteiger partial charge >= 0.3 is 18.3 Å². The standard InChI is InChI=1S/C22H34F6O3/c1-14(2)12-19(6,18(3,4)5)17(29)31-16(15-10-8-7-9-11-15)13-20(30,21(23,24)25)22(26,27)28/h12,15-16,30H,7-11,13H2,1-6H3. The third-order valence-electron chi connectivity index (χ3n) is 6.43. The number of rotatable bonds is 6. The van der Waals surface area contributed by atoms with Crippen molar-refractivity contribution in [3.63, 3.8) is 0 Å². The van der Waals surface area contributed by atoms with Crippen molar-refractivity contribution < 1.29 is 41.0 Å². The minimum atomic E-state index is -5.96. The Kier molecular flexibility index (Phi) is 8.35. The van der Waals surface area contributed by atoms with Crippen molar-refractivity contribution in [2.45, 2.75) is 104 Å². The van der Waals surface area contributed by atoms with E-state index in [-0.39, 0.29) is 0 Å². The molecule has 1 N–H and O–H groups in total. The van der Waals surface area contributed by atoms with Crippen molar-refractivity contribution in [3.8, 4) is 0 Å². The molecule has 0 aromatic rings. The molecule has 0 spiro atoms. The van der Waals surface area contributed by atoms with Gasteiger partial charge in [-0.25, -0.2) is 0 Å². The SMILES string of the molecule is CC(C)=CC(C)(C(=O)OC(CC(O)(C(F)(F)F)C(F)(F)F)C1CCCCC1)C(C)(C)C. The summed E-state index contributed by atoms with van der Waals surface area (Å²) in [6, 6.07) is 0. The topological polar surface area (TPSA) is 46.5 Å². The van der Waals surface area contributed by atoms with Crippen molar-refractivity contribution in [2.75, 3.05) is 0 Å². The fraction of sp³-hybridized carbons (Fsp3) is 0.864. The molecule has 0 radical (unpaired) electrons. The van der Waals surface area contributed by atoms with Crippen LogP contribution in [0.15, 0.2) is 11.6 Å². The molecule has 182 valence electrons. The average molecular weight is 460 g/mol. The van der Waals surface area contributed by atoms with Crippen LogP contribution in [-0.2, 0) is 9.53 Å². The predicted octanol–water partition coefficient (Wildman–Crippen LogP) is 6.74. The van der Waals surface area contributed by atoms with Crippen molar-refractivity contribution in [1.29, 1.82) is 0 Å². The monoisotopic (exact) mass is 460 g/mol. The Morgan fingerprint density at radius 3 is 1.77 bits per heavy atom. The highest BCUT2D eigenvalue weighted by molar-refractivity contribution is 5.80. The van der Waals surface area contributed by atoms with Gasteiger partial charge in [-0.2, -0.15) is 26.3 Å². The van der Waals surface area contributed by atoms with Crippen LogP contribution < -0.4 is 0 Å². The number of halogens is 6. The van der Waals surface area contributed by atoms with E-state index in [0.717, 1.165) is 12.0 Å². The maximum Gasteiger partial charge on any atom is 0.426 e. The van der Waals surface area contributed by atoms with Gasteiger partial charge in [-0.05, 0) is 44.9 Å². The summed E-state index contributed by atoms with van der Waals surface area (Å²) in [6.45, 7) is 10.3. The summed E-state index contributed by atoms with van der Waals surface area (Å²) in [6.07, 6.45) is -11.1. The number of allylic oxidation sites excluding steroid dienone is 1. The largest absolute Gasteiger partial charge is 0.461 e. The normalized spacial score (nSPS) is 20.0. The second kappa shape index (κ2) is 9.32. The molecule has 0 heterocycles. The highest BCUT2D eigenvalue weighted by Gasteiger charge is 2.71. The molecule has 0 bridgehead atoms. The van der Waals surface area contributed by atoms with Crippen LogP contribution in [0.2, 0.25) is 0 Å². The van der Waals surface area contributed by atoms with E-state index in [4.69, 9.17) is 4.74 Å². The van der Waals surface area contributed by atoms with Crippen LogP contribution in [-0.4, -0.2) is 35.1 Å². The number of alkyl halides is 6. The Hall–Kier alpha value is -1.25. The lowest BCUT2D eigenvalue weighted by Gasteiger charge is -2.42. The zero-order valence-electron chi connectivity index (χ0n) is 19.0. The van der Waals surface area contributed by atoms with E-state index in [1.54, 1.807) is 47.6 Å². The molecule has 1 aliphatic rings. The van der Waals surface area contributed by atoms with E-state index < -0.39 is 53.2 Å². The molecular weight excluding hydrogens is 426 g/mol. The number of aliphatic hydroxyl groups is 1. The van der Waals surface area contributed by atoms with Crippen LogP contribution in [0, 0.1) is 16.7 Å². The first-order valence-electron chi connectivity index (χ1n) is 10.5. The van der Waals surface area contributed by atoms with Gasteiger partial charge in [0.2, 0.25) is 0 Å². The van der Waals surface area contributed by atoms with Crippen LogP contribution in [0.1, 0.15) is 80.1 Å². The first-order chi connectivity index (χ1) is 13.8. The highest BCUT2D eigenvalue weighted by atomic mass is 19.4. The summed E-state index contributed by atoms with van der Waals surface area (Å²) in [5, 5.41) is 9.75.